The molecule has 2 rings (SSSR count). The third kappa shape index (κ3) is 3.28. The molecule has 19 heavy (non-hydrogen) atoms. The zero-order valence-electron chi connectivity index (χ0n) is 11.0. The molecule has 0 atom stereocenters. The normalized spacial score (nSPS) is 10.0. The number of hydrogen-bond donors (Lipinski definition) is 2. The van der Waals surface area contributed by atoms with Crippen LogP contribution in [-0.4, -0.2) is 22.9 Å². The van der Waals surface area contributed by atoms with E-state index in [0.29, 0.717) is 12.2 Å². The fourth-order valence-corrected chi connectivity index (χ4v) is 1.66. The van der Waals surface area contributed by atoms with Crippen LogP contribution >= 0.6 is 0 Å². The number of nitrogens with one attached hydrogen (secondary N) is 2. The highest BCUT2D eigenvalue weighted by molar-refractivity contribution is 5.93. The third-order valence-corrected chi connectivity index (χ3v) is 2.87. The number of carbonyl (C=O) groups excluding carboxylic acids is 1. The molecule has 0 aliphatic heterocycles. The van der Waals surface area contributed by atoms with Crippen molar-refractivity contribution in [1.29, 1.82) is 0 Å². The molecule has 5 nitrogen and oxygen atoms in total. The van der Waals surface area contributed by atoms with Gasteiger partial charge in [0.05, 0.1) is 0 Å². The van der Waals surface area contributed by atoms with Crippen molar-refractivity contribution in [2.45, 2.75) is 13.5 Å². The summed E-state index contributed by atoms with van der Waals surface area (Å²) in [5, 5.41) is 5.81. The number of pyridine rings is 2. The number of nitrogens with zero attached hydrogens (tertiary/aromatic N) is 2. The van der Waals surface area contributed by atoms with Gasteiger partial charge in [0, 0.05) is 37.9 Å². The van der Waals surface area contributed by atoms with E-state index in [4.69, 9.17) is 0 Å². The van der Waals surface area contributed by atoms with Crippen molar-refractivity contribution in [3.05, 3.63) is 53.6 Å². The Labute approximate surface area is 112 Å². The minimum atomic E-state index is -0.194. The highest BCUT2D eigenvalue weighted by Crippen LogP contribution is 2.08. The molecule has 5 heteroatoms. The van der Waals surface area contributed by atoms with Gasteiger partial charge in [0.2, 0.25) is 0 Å². The zero-order valence-corrected chi connectivity index (χ0v) is 11.0. The van der Waals surface area contributed by atoms with Gasteiger partial charge in [0.25, 0.3) is 5.91 Å². The van der Waals surface area contributed by atoms with Crippen LogP contribution in [-0.2, 0) is 6.54 Å². The summed E-state index contributed by atoms with van der Waals surface area (Å²) in [6.45, 7) is 2.44. The molecule has 0 saturated heterocycles. The third-order valence-electron chi connectivity index (χ3n) is 2.87. The van der Waals surface area contributed by atoms with Crippen LogP contribution < -0.4 is 10.6 Å². The van der Waals surface area contributed by atoms with Crippen LogP contribution in [0.15, 0.2) is 36.8 Å². The molecule has 0 saturated carbocycles. The predicted molar refractivity (Wildman–Crippen MR) is 73.9 cm³/mol. The summed E-state index contributed by atoms with van der Waals surface area (Å²) < 4.78 is 0. The molecule has 2 aromatic rings. The van der Waals surface area contributed by atoms with Crippen LogP contribution in [0.3, 0.4) is 0 Å². The fourth-order valence-electron chi connectivity index (χ4n) is 1.66. The van der Waals surface area contributed by atoms with Gasteiger partial charge in [-0.25, -0.2) is 0 Å². The summed E-state index contributed by atoms with van der Waals surface area (Å²) in [6.07, 6.45) is 5.10. The molecule has 98 valence electrons. The van der Waals surface area contributed by atoms with E-state index in [-0.39, 0.29) is 5.91 Å². The van der Waals surface area contributed by atoms with Gasteiger partial charge in [-0.15, -0.1) is 0 Å². The summed E-state index contributed by atoms with van der Waals surface area (Å²) in [5.41, 5.74) is 3.36. The highest BCUT2D eigenvalue weighted by Gasteiger charge is 2.08. The molecule has 0 aliphatic rings. The molecule has 0 aliphatic carbocycles. The Morgan fingerprint density at radius 2 is 2.16 bits per heavy atom. The van der Waals surface area contributed by atoms with E-state index >= 15 is 0 Å². The number of carbonyl (C=O) groups is 1. The Hall–Kier alpha value is -2.43. The number of aromatic nitrogens is 2. The van der Waals surface area contributed by atoms with Gasteiger partial charge in [0.1, 0.15) is 5.69 Å². The van der Waals surface area contributed by atoms with Gasteiger partial charge in [-0.3, -0.25) is 14.8 Å². The monoisotopic (exact) mass is 256 g/mol. The number of rotatable bonds is 4. The maximum absolute atomic E-state index is 12.0. The molecule has 2 heterocycles. The van der Waals surface area contributed by atoms with E-state index in [0.717, 1.165) is 16.8 Å². The van der Waals surface area contributed by atoms with Gasteiger partial charge in [0.15, 0.2) is 0 Å². The number of anilines is 1. The van der Waals surface area contributed by atoms with Gasteiger partial charge < -0.3 is 10.6 Å². The highest BCUT2D eigenvalue weighted by atomic mass is 16.1. The lowest BCUT2D eigenvalue weighted by atomic mass is 10.1. The minimum absolute atomic E-state index is 0.194. The molecular formula is C14H16N4O. The van der Waals surface area contributed by atoms with Gasteiger partial charge in [-0.2, -0.15) is 0 Å². The van der Waals surface area contributed by atoms with Crippen LogP contribution in [0.1, 0.15) is 21.6 Å². The standard InChI is InChI=1S/C14H16N4O/c1-10-3-5-16-8-11(10)9-18-14(19)13-7-12(15-2)4-6-17-13/h3-8H,9H2,1-2H3,(H,15,17)(H,18,19). The van der Waals surface area contributed by atoms with Gasteiger partial charge in [-0.1, -0.05) is 0 Å². The van der Waals surface area contributed by atoms with Crippen molar-refractivity contribution in [1.82, 2.24) is 15.3 Å². The quantitative estimate of drug-likeness (QED) is 0.874. The van der Waals surface area contributed by atoms with E-state index in [2.05, 4.69) is 20.6 Å². The van der Waals surface area contributed by atoms with E-state index in [1.165, 1.54) is 0 Å². The molecular weight excluding hydrogens is 240 g/mol. The summed E-state index contributed by atoms with van der Waals surface area (Å²) in [4.78, 5) is 20.1. The lowest BCUT2D eigenvalue weighted by molar-refractivity contribution is 0.0946. The largest absolute Gasteiger partial charge is 0.388 e. The predicted octanol–water partition coefficient (Wildman–Crippen LogP) is 1.76. The summed E-state index contributed by atoms with van der Waals surface area (Å²) in [6, 6.07) is 5.44. The number of aryl methyl sites for hydroxylation is 1. The Morgan fingerprint density at radius 1 is 1.32 bits per heavy atom. The zero-order chi connectivity index (χ0) is 13.7. The SMILES string of the molecule is CNc1ccnc(C(=O)NCc2cnccc2C)c1. The minimum Gasteiger partial charge on any atom is -0.388 e. The smallest absolute Gasteiger partial charge is 0.270 e. The van der Waals surface area contributed by atoms with Crippen LogP contribution in [0.5, 0.6) is 0 Å². The van der Waals surface area contributed by atoms with Crippen LogP contribution in [0.25, 0.3) is 0 Å². The second-order valence-corrected chi connectivity index (χ2v) is 4.16. The average molecular weight is 256 g/mol. The van der Waals surface area contributed by atoms with Crippen molar-refractivity contribution in [2.75, 3.05) is 12.4 Å². The van der Waals surface area contributed by atoms with Crippen molar-refractivity contribution in [3.8, 4) is 0 Å². The molecule has 0 bridgehead atoms. The number of amides is 1. The molecule has 2 N–H and O–H groups in total. The fraction of sp³-hybridized carbons (Fsp3) is 0.214. The molecule has 1 amide bonds. The van der Waals surface area contributed by atoms with Gasteiger partial charge in [-0.05, 0) is 36.2 Å². The second-order valence-electron chi connectivity index (χ2n) is 4.16. The summed E-state index contributed by atoms with van der Waals surface area (Å²) in [7, 11) is 1.80. The van der Waals surface area contributed by atoms with Crippen molar-refractivity contribution in [2.24, 2.45) is 0 Å². The molecule has 0 spiro atoms. The van der Waals surface area contributed by atoms with Crippen molar-refractivity contribution < 1.29 is 4.79 Å². The molecule has 0 aromatic carbocycles. The van der Waals surface area contributed by atoms with Crippen molar-refractivity contribution in [3.63, 3.8) is 0 Å². The molecule has 0 unspecified atom stereocenters. The Bertz CT molecular complexity index is 583. The maximum Gasteiger partial charge on any atom is 0.270 e. The first-order valence-corrected chi connectivity index (χ1v) is 6.02. The van der Waals surface area contributed by atoms with E-state index < -0.39 is 0 Å². The van der Waals surface area contributed by atoms with Crippen LogP contribution in [0.2, 0.25) is 0 Å². The number of hydrogen-bond acceptors (Lipinski definition) is 4. The Balaban J connectivity index is 2.03. The van der Waals surface area contributed by atoms with Crippen LogP contribution in [0, 0.1) is 6.92 Å². The second kappa shape index (κ2) is 5.95. The summed E-state index contributed by atoms with van der Waals surface area (Å²) >= 11 is 0. The van der Waals surface area contributed by atoms with Gasteiger partial charge >= 0.3 is 0 Å². The molecule has 0 fully saturated rings. The van der Waals surface area contributed by atoms with E-state index in [9.17, 15) is 4.79 Å². The summed E-state index contributed by atoms with van der Waals surface area (Å²) in [5.74, 6) is -0.194. The topological polar surface area (TPSA) is 66.9 Å². The molecule has 0 radical (unpaired) electrons. The first-order valence-electron chi connectivity index (χ1n) is 6.02. The van der Waals surface area contributed by atoms with Crippen LogP contribution in [0.4, 0.5) is 5.69 Å². The first kappa shape index (κ1) is 13.0. The average Bonchev–Trinajstić information content (AvgIpc) is 2.46. The Kier molecular flexibility index (Phi) is 4.07. The van der Waals surface area contributed by atoms with E-state index in [1.54, 1.807) is 31.7 Å². The lowest BCUT2D eigenvalue weighted by Gasteiger charge is -2.07. The van der Waals surface area contributed by atoms with E-state index in [1.807, 2.05) is 19.1 Å². The Morgan fingerprint density at radius 3 is 2.89 bits per heavy atom. The lowest BCUT2D eigenvalue weighted by Crippen LogP contribution is -2.24. The first-order chi connectivity index (χ1) is 9.20. The maximum atomic E-state index is 12.0. The molecule has 2 aromatic heterocycles. The van der Waals surface area contributed by atoms with Crippen molar-refractivity contribution >= 4 is 11.6 Å².